The quantitative estimate of drug-likeness (QED) is 0.366. The number of hydrogen-bond acceptors (Lipinski definition) is 4. The number of aromatic nitrogens is 3. The minimum Gasteiger partial charge on any atom is -0.324 e. The summed E-state index contributed by atoms with van der Waals surface area (Å²) in [6.07, 6.45) is -25.1. The lowest BCUT2D eigenvalue weighted by molar-refractivity contribution is -0.460. The Hall–Kier alpha value is -2.30. The molecule has 196 valence electrons. The van der Waals surface area contributed by atoms with E-state index in [1.807, 2.05) is 0 Å². The third-order valence-corrected chi connectivity index (χ3v) is 4.85. The lowest BCUT2D eigenvalue weighted by Gasteiger charge is -2.45. The molecule has 19 heteroatoms. The van der Waals surface area contributed by atoms with E-state index in [4.69, 9.17) is 23.2 Å². The van der Waals surface area contributed by atoms with Gasteiger partial charge in [0.05, 0.1) is 0 Å². The SMILES string of the molecule is FC(F)(F)C(F)(F)C(F)(F)C(Cc1ccc(Nc2nc(Cl)nc(Cl)n2)cc1)(C(F)(F)F)C(F)(F)F. The maximum Gasteiger partial charge on any atom is 0.459 e. The van der Waals surface area contributed by atoms with E-state index in [0.29, 0.717) is 24.3 Å². The topological polar surface area (TPSA) is 50.7 Å². The Balaban J connectivity index is 2.57. The summed E-state index contributed by atoms with van der Waals surface area (Å²) in [6, 6.07) is 2.05. The minimum atomic E-state index is -7.70. The highest BCUT2D eigenvalue weighted by Crippen LogP contribution is 2.66. The van der Waals surface area contributed by atoms with E-state index in [1.54, 1.807) is 0 Å². The number of benzene rings is 1. The molecule has 0 aliphatic rings. The van der Waals surface area contributed by atoms with Crippen molar-refractivity contribution in [3.8, 4) is 0 Å². The van der Waals surface area contributed by atoms with Crippen LogP contribution < -0.4 is 5.32 Å². The van der Waals surface area contributed by atoms with Gasteiger partial charge in [-0.1, -0.05) is 12.1 Å². The summed E-state index contributed by atoms with van der Waals surface area (Å²) < 4.78 is 173. The molecule has 1 N–H and O–H groups in total. The molecule has 0 spiro atoms. The molecule has 0 atom stereocenters. The van der Waals surface area contributed by atoms with Crippen LogP contribution in [0, 0.1) is 5.41 Å². The molecular weight excluding hydrogens is 566 g/mol. The van der Waals surface area contributed by atoms with Crippen LogP contribution >= 0.6 is 23.2 Å². The summed E-state index contributed by atoms with van der Waals surface area (Å²) in [4.78, 5) is 10.4. The summed E-state index contributed by atoms with van der Waals surface area (Å²) in [7, 11) is 0. The van der Waals surface area contributed by atoms with E-state index in [2.05, 4.69) is 20.3 Å². The molecule has 0 radical (unpaired) electrons. The van der Waals surface area contributed by atoms with Crippen LogP contribution in [0.4, 0.5) is 68.7 Å². The third kappa shape index (κ3) is 5.15. The van der Waals surface area contributed by atoms with Gasteiger partial charge in [0, 0.05) is 12.1 Å². The average molecular weight is 573 g/mol. The van der Waals surface area contributed by atoms with Crippen LogP contribution in [0.25, 0.3) is 0 Å². The molecule has 0 saturated heterocycles. The molecule has 0 amide bonds. The molecule has 0 aliphatic heterocycles. The van der Waals surface area contributed by atoms with Crippen LogP contribution in [0.3, 0.4) is 0 Å². The molecule has 1 heterocycles. The van der Waals surface area contributed by atoms with Crippen molar-refractivity contribution in [1.82, 2.24) is 15.0 Å². The van der Waals surface area contributed by atoms with E-state index in [1.165, 1.54) is 0 Å². The van der Waals surface area contributed by atoms with Gasteiger partial charge in [-0.05, 0) is 40.9 Å². The van der Waals surface area contributed by atoms with Crippen LogP contribution in [0.2, 0.25) is 10.6 Å². The first-order valence-electron chi connectivity index (χ1n) is 8.45. The molecule has 0 unspecified atom stereocenters. The minimum absolute atomic E-state index is 0.205. The second kappa shape index (κ2) is 8.97. The van der Waals surface area contributed by atoms with E-state index in [9.17, 15) is 57.1 Å². The van der Waals surface area contributed by atoms with Gasteiger partial charge in [0.2, 0.25) is 21.9 Å². The Labute approximate surface area is 195 Å². The average Bonchev–Trinajstić information content (AvgIpc) is 2.63. The predicted molar refractivity (Wildman–Crippen MR) is 93.8 cm³/mol. The fourth-order valence-electron chi connectivity index (χ4n) is 2.80. The summed E-state index contributed by atoms with van der Waals surface area (Å²) in [5.41, 5.74) is -8.34. The first kappa shape index (κ1) is 28.9. The van der Waals surface area contributed by atoms with Crippen molar-refractivity contribution in [2.24, 2.45) is 5.41 Å². The second-order valence-electron chi connectivity index (χ2n) is 6.74. The highest BCUT2D eigenvalue weighted by molar-refractivity contribution is 6.31. The van der Waals surface area contributed by atoms with Gasteiger partial charge in [0.25, 0.3) is 0 Å². The van der Waals surface area contributed by atoms with Crippen LogP contribution in [-0.2, 0) is 6.42 Å². The number of rotatable bonds is 6. The van der Waals surface area contributed by atoms with E-state index < -0.39 is 58.3 Å². The Morgan fingerprint density at radius 3 is 1.40 bits per heavy atom. The van der Waals surface area contributed by atoms with Crippen LogP contribution in [0.1, 0.15) is 5.56 Å². The summed E-state index contributed by atoms with van der Waals surface area (Å²) in [5, 5.41) is 1.45. The first-order valence-corrected chi connectivity index (χ1v) is 9.21. The van der Waals surface area contributed by atoms with Crippen molar-refractivity contribution in [1.29, 1.82) is 0 Å². The number of anilines is 2. The lowest BCUT2D eigenvalue weighted by atomic mass is 9.71. The fourth-order valence-corrected chi connectivity index (χ4v) is 3.16. The van der Waals surface area contributed by atoms with Gasteiger partial charge in [0.1, 0.15) is 0 Å². The van der Waals surface area contributed by atoms with Gasteiger partial charge in [-0.15, -0.1) is 0 Å². The molecule has 35 heavy (non-hydrogen) atoms. The fraction of sp³-hybridized carbons (Fsp3) is 0.438. The molecule has 2 aromatic rings. The zero-order chi connectivity index (χ0) is 27.3. The van der Waals surface area contributed by atoms with Crippen LogP contribution in [-0.4, -0.2) is 45.3 Å². The van der Waals surface area contributed by atoms with Crippen molar-refractivity contribution in [3.05, 3.63) is 40.4 Å². The lowest BCUT2D eigenvalue weighted by Crippen LogP contribution is -2.71. The van der Waals surface area contributed by atoms with Crippen molar-refractivity contribution in [2.75, 3.05) is 5.32 Å². The van der Waals surface area contributed by atoms with Crippen molar-refractivity contribution >= 4 is 34.8 Å². The van der Waals surface area contributed by atoms with Gasteiger partial charge in [-0.2, -0.15) is 72.0 Å². The van der Waals surface area contributed by atoms with Crippen LogP contribution in [0.5, 0.6) is 0 Å². The number of alkyl halides is 13. The number of hydrogen-bond donors (Lipinski definition) is 1. The summed E-state index contributed by atoms with van der Waals surface area (Å²) in [6.45, 7) is 0. The Morgan fingerprint density at radius 1 is 0.600 bits per heavy atom. The number of halogens is 15. The molecule has 2 rings (SSSR count). The molecule has 4 nitrogen and oxygen atoms in total. The number of nitrogens with one attached hydrogen (secondary N) is 1. The normalized spacial score (nSPS) is 14.3. The molecular formula is C16H7Cl2F13N4. The van der Waals surface area contributed by atoms with E-state index in [0.717, 1.165) is 0 Å². The number of nitrogens with zero attached hydrogens (tertiary/aromatic N) is 3. The maximum atomic E-state index is 14.2. The first-order chi connectivity index (χ1) is 15.6. The Morgan fingerprint density at radius 2 is 1.03 bits per heavy atom. The van der Waals surface area contributed by atoms with Crippen molar-refractivity contribution in [3.63, 3.8) is 0 Å². The highest BCUT2D eigenvalue weighted by Gasteiger charge is 2.91. The van der Waals surface area contributed by atoms with Gasteiger partial charge in [0.15, 0.2) is 0 Å². The summed E-state index contributed by atoms with van der Waals surface area (Å²) >= 11 is 11.0. The van der Waals surface area contributed by atoms with Gasteiger partial charge >= 0.3 is 30.4 Å². The van der Waals surface area contributed by atoms with Crippen LogP contribution in [0.15, 0.2) is 24.3 Å². The smallest absolute Gasteiger partial charge is 0.324 e. The maximum absolute atomic E-state index is 14.2. The van der Waals surface area contributed by atoms with Crippen molar-refractivity contribution in [2.45, 2.75) is 36.8 Å². The second-order valence-corrected chi connectivity index (χ2v) is 7.42. The molecule has 1 aromatic carbocycles. The predicted octanol–water partition coefficient (Wildman–Crippen LogP) is 7.41. The highest BCUT2D eigenvalue weighted by atomic mass is 35.5. The molecule has 0 fully saturated rings. The van der Waals surface area contributed by atoms with Crippen molar-refractivity contribution < 1.29 is 57.1 Å². The Kier molecular flexibility index (Phi) is 7.42. The van der Waals surface area contributed by atoms with Gasteiger partial charge < -0.3 is 5.32 Å². The summed E-state index contributed by atoms with van der Waals surface area (Å²) in [5.74, 6) is -15.8. The Bertz CT molecular complexity index is 1020. The molecule has 0 aliphatic carbocycles. The molecule has 1 aromatic heterocycles. The van der Waals surface area contributed by atoms with E-state index in [-0.39, 0.29) is 11.6 Å². The largest absolute Gasteiger partial charge is 0.459 e. The molecule has 0 bridgehead atoms. The standard InChI is InChI=1S/C16H7Cl2F13N4/c17-8-33-9(18)35-10(34-8)32-7-3-1-6(2-4-7)5-11(14(23,24)25,15(26,27)28)12(19,20)13(21,22)16(29,30)31/h1-4H,5H2,(H,32,33,34,35). The monoisotopic (exact) mass is 572 g/mol. The van der Waals surface area contributed by atoms with Gasteiger partial charge in [-0.3, -0.25) is 0 Å². The third-order valence-electron chi connectivity index (χ3n) is 4.51. The zero-order valence-electron chi connectivity index (χ0n) is 16.0. The van der Waals surface area contributed by atoms with Gasteiger partial charge in [-0.25, -0.2) is 0 Å². The molecule has 0 saturated carbocycles. The zero-order valence-corrected chi connectivity index (χ0v) is 17.5. The van der Waals surface area contributed by atoms with E-state index >= 15 is 0 Å².